The quantitative estimate of drug-likeness (QED) is 0.497. The van der Waals surface area contributed by atoms with Crippen LogP contribution in [0.25, 0.3) is 21.7 Å². The minimum Gasteiger partial charge on any atom is -0.440 e. The van der Waals surface area contributed by atoms with E-state index in [0.29, 0.717) is 11.3 Å². The summed E-state index contributed by atoms with van der Waals surface area (Å²) < 4.78 is 5.89. The summed E-state index contributed by atoms with van der Waals surface area (Å²) in [5.74, 6) is 0.0260. The van der Waals surface area contributed by atoms with Crippen molar-refractivity contribution in [2.24, 2.45) is 5.73 Å². The number of aromatic amines is 1. The standard InChI is InChI=1S/C25H19N3O2/c1-13-9-14(2)22-16(10-13)11-19(25(29)28-22)21-18-8-7-15-5-3-4-6-17(15)23(18)30-24(27)20(21)12-26/h3-11,21H,27H2,1-2H3,(H,28,29)/t21-/m1/s1. The van der Waals surface area contributed by atoms with E-state index in [1.807, 2.05) is 68.4 Å². The van der Waals surface area contributed by atoms with Gasteiger partial charge in [0.05, 0.1) is 11.4 Å². The van der Waals surface area contributed by atoms with Crippen LogP contribution in [0.3, 0.4) is 0 Å². The second-order valence-corrected chi connectivity index (χ2v) is 7.73. The highest BCUT2D eigenvalue weighted by Crippen LogP contribution is 2.44. The van der Waals surface area contributed by atoms with Crippen molar-refractivity contribution in [3.63, 3.8) is 0 Å². The zero-order valence-electron chi connectivity index (χ0n) is 16.6. The second-order valence-electron chi connectivity index (χ2n) is 7.73. The number of fused-ring (bicyclic) bond motifs is 4. The molecule has 1 aliphatic heterocycles. The fraction of sp³-hybridized carbons (Fsp3) is 0.120. The average Bonchev–Trinajstić information content (AvgIpc) is 2.73. The zero-order valence-corrected chi connectivity index (χ0v) is 16.6. The van der Waals surface area contributed by atoms with Crippen LogP contribution in [-0.2, 0) is 0 Å². The van der Waals surface area contributed by atoms with Crippen molar-refractivity contribution in [1.29, 1.82) is 5.26 Å². The normalized spacial score (nSPS) is 15.7. The maximum Gasteiger partial charge on any atom is 0.252 e. The summed E-state index contributed by atoms with van der Waals surface area (Å²) in [6.07, 6.45) is 0. The smallest absolute Gasteiger partial charge is 0.252 e. The van der Waals surface area contributed by atoms with Gasteiger partial charge in [0.2, 0.25) is 5.88 Å². The third kappa shape index (κ3) is 2.58. The lowest BCUT2D eigenvalue weighted by Crippen LogP contribution is -2.25. The molecule has 3 N–H and O–H groups in total. The fourth-order valence-electron chi connectivity index (χ4n) is 4.42. The highest BCUT2D eigenvalue weighted by Gasteiger charge is 2.33. The SMILES string of the molecule is Cc1cc(C)c2[nH]c(=O)c([C@@H]3C(C#N)=C(N)Oc4c3ccc3ccccc43)cc2c1. The third-order valence-corrected chi connectivity index (χ3v) is 5.74. The number of allylic oxidation sites excluding steroid dienone is 1. The molecular formula is C25H19N3O2. The van der Waals surface area contributed by atoms with Crippen LogP contribution < -0.4 is 16.0 Å². The molecule has 5 rings (SSSR count). The molecule has 0 saturated carbocycles. The molecule has 0 aliphatic carbocycles. The number of aryl methyl sites for hydroxylation is 2. The van der Waals surface area contributed by atoms with Gasteiger partial charge in [0.25, 0.3) is 5.56 Å². The van der Waals surface area contributed by atoms with E-state index >= 15 is 0 Å². The van der Waals surface area contributed by atoms with Crippen LogP contribution in [0.2, 0.25) is 0 Å². The average molecular weight is 393 g/mol. The molecule has 0 amide bonds. The molecule has 0 radical (unpaired) electrons. The predicted octanol–water partition coefficient (Wildman–Crippen LogP) is 4.52. The van der Waals surface area contributed by atoms with E-state index < -0.39 is 5.92 Å². The summed E-state index contributed by atoms with van der Waals surface area (Å²) in [5, 5.41) is 12.7. The molecule has 0 spiro atoms. The Hall–Kier alpha value is -4.04. The van der Waals surface area contributed by atoms with Crippen molar-refractivity contribution in [2.75, 3.05) is 0 Å². The molecule has 5 heteroatoms. The summed E-state index contributed by atoms with van der Waals surface area (Å²) >= 11 is 0. The van der Waals surface area contributed by atoms with Crippen LogP contribution in [-0.4, -0.2) is 4.98 Å². The van der Waals surface area contributed by atoms with Gasteiger partial charge in [-0.1, -0.05) is 48.0 Å². The number of H-pyrrole nitrogens is 1. The number of aromatic nitrogens is 1. The zero-order chi connectivity index (χ0) is 21.0. The lowest BCUT2D eigenvalue weighted by atomic mass is 9.82. The monoisotopic (exact) mass is 393 g/mol. The Labute approximate surface area is 173 Å². The minimum absolute atomic E-state index is 0.0336. The van der Waals surface area contributed by atoms with Crippen molar-refractivity contribution in [3.8, 4) is 11.8 Å². The van der Waals surface area contributed by atoms with Crippen LogP contribution in [0.15, 0.2) is 70.8 Å². The Balaban J connectivity index is 1.84. The first-order valence-electron chi connectivity index (χ1n) is 9.71. The van der Waals surface area contributed by atoms with E-state index in [1.54, 1.807) is 0 Å². The van der Waals surface area contributed by atoms with Crippen LogP contribution >= 0.6 is 0 Å². The molecule has 0 fully saturated rings. The topological polar surface area (TPSA) is 91.9 Å². The van der Waals surface area contributed by atoms with Gasteiger partial charge in [-0.05, 0) is 42.3 Å². The Kier molecular flexibility index (Phi) is 3.90. The molecule has 30 heavy (non-hydrogen) atoms. The molecule has 3 aromatic carbocycles. The van der Waals surface area contributed by atoms with Gasteiger partial charge in [-0.2, -0.15) is 5.26 Å². The lowest BCUT2D eigenvalue weighted by molar-refractivity contribution is 0.398. The molecule has 0 unspecified atom stereocenters. The van der Waals surface area contributed by atoms with Crippen LogP contribution in [0.4, 0.5) is 0 Å². The molecule has 2 heterocycles. The number of nitriles is 1. The van der Waals surface area contributed by atoms with Gasteiger partial charge in [0, 0.05) is 16.5 Å². The Morgan fingerprint density at radius 2 is 1.83 bits per heavy atom. The Morgan fingerprint density at radius 3 is 2.63 bits per heavy atom. The molecule has 1 aromatic heterocycles. The number of nitrogens with two attached hydrogens (primary N) is 1. The summed E-state index contributed by atoms with van der Waals surface area (Å²) in [5.41, 5.74) is 10.3. The molecular weight excluding hydrogens is 374 g/mol. The largest absolute Gasteiger partial charge is 0.440 e. The molecule has 146 valence electrons. The minimum atomic E-state index is -0.600. The van der Waals surface area contributed by atoms with E-state index in [2.05, 4.69) is 11.1 Å². The number of pyridine rings is 1. The number of ether oxygens (including phenoxy) is 1. The van der Waals surface area contributed by atoms with Gasteiger partial charge in [-0.15, -0.1) is 0 Å². The number of hydrogen-bond acceptors (Lipinski definition) is 4. The van der Waals surface area contributed by atoms with Gasteiger partial charge < -0.3 is 15.5 Å². The maximum absolute atomic E-state index is 13.1. The molecule has 1 aliphatic rings. The van der Waals surface area contributed by atoms with Gasteiger partial charge >= 0.3 is 0 Å². The van der Waals surface area contributed by atoms with Crippen LogP contribution in [0.5, 0.6) is 5.75 Å². The third-order valence-electron chi connectivity index (χ3n) is 5.74. The summed E-state index contributed by atoms with van der Waals surface area (Å²) in [6.45, 7) is 3.99. The van der Waals surface area contributed by atoms with E-state index in [1.165, 1.54) is 0 Å². The predicted molar refractivity (Wildman–Crippen MR) is 117 cm³/mol. The van der Waals surface area contributed by atoms with Crippen LogP contribution in [0, 0.1) is 25.2 Å². The number of hydrogen-bond donors (Lipinski definition) is 2. The first-order chi connectivity index (χ1) is 14.5. The summed E-state index contributed by atoms with van der Waals surface area (Å²) in [6, 6.07) is 19.8. The summed E-state index contributed by atoms with van der Waals surface area (Å²) in [4.78, 5) is 16.2. The van der Waals surface area contributed by atoms with Gasteiger partial charge in [-0.25, -0.2) is 0 Å². The summed E-state index contributed by atoms with van der Waals surface area (Å²) in [7, 11) is 0. The lowest BCUT2D eigenvalue weighted by Gasteiger charge is -2.27. The number of nitrogens with one attached hydrogen (secondary N) is 1. The fourth-order valence-corrected chi connectivity index (χ4v) is 4.42. The van der Waals surface area contributed by atoms with Crippen molar-refractivity contribution < 1.29 is 4.74 Å². The number of rotatable bonds is 1. The highest BCUT2D eigenvalue weighted by atomic mass is 16.5. The Morgan fingerprint density at radius 1 is 1.03 bits per heavy atom. The van der Waals surface area contributed by atoms with Gasteiger partial charge in [0.15, 0.2) is 0 Å². The van der Waals surface area contributed by atoms with Crippen molar-refractivity contribution >= 4 is 21.7 Å². The van der Waals surface area contributed by atoms with Crippen molar-refractivity contribution in [1.82, 2.24) is 4.98 Å². The number of nitrogens with zero attached hydrogens (tertiary/aromatic N) is 1. The van der Waals surface area contributed by atoms with Gasteiger partial charge in [0.1, 0.15) is 17.4 Å². The van der Waals surface area contributed by atoms with E-state index in [0.717, 1.165) is 38.4 Å². The molecule has 4 aromatic rings. The molecule has 1 atom stereocenters. The van der Waals surface area contributed by atoms with E-state index in [-0.39, 0.29) is 17.0 Å². The molecule has 0 bridgehead atoms. The Bertz CT molecular complexity index is 1490. The van der Waals surface area contributed by atoms with Crippen molar-refractivity contribution in [3.05, 3.63) is 98.7 Å². The highest BCUT2D eigenvalue weighted by molar-refractivity contribution is 5.91. The van der Waals surface area contributed by atoms with E-state index in [4.69, 9.17) is 10.5 Å². The van der Waals surface area contributed by atoms with E-state index in [9.17, 15) is 10.1 Å². The second kappa shape index (κ2) is 6.50. The van der Waals surface area contributed by atoms with Crippen molar-refractivity contribution in [2.45, 2.75) is 19.8 Å². The maximum atomic E-state index is 13.1. The van der Waals surface area contributed by atoms with Crippen LogP contribution in [0.1, 0.15) is 28.2 Å². The molecule has 5 nitrogen and oxygen atoms in total. The van der Waals surface area contributed by atoms with Gasteiger partial charge in [-0.3, -0.25) is 4.79 Å². The first kappa shape index (κ1) is 18.0. The number of benzene rings is 3. The molecule has 0 saturated heterocycles. The first-order valence-corrected chi connectivity index (χ1v) is 9.71.